The van der Waals surface area contributed by atoms with Gasteiger partial charge in [0.2, 0.25) is 0 Å². The molecule has 0 saturated carbocycles. The van der Waals surface area contributed by atoms with Gasteiger partial charge in [0.25, 0.3) is 0 Å². The highest BCUT2D eigenvalue weighted by atomic mass is 32.2. The van der Waals surface area contributed by atoms with Gasteiger partial charge in [-0.1, -0.05) is 49.0 Å². The Morgan fingerprint density at radius 3 is 2.39 bits per heavy atom. The third-order valence-corrected chi connectivity index (χ3v) is 6.72. The minimum Gasteiger partial charge on any atom is -0.381 e. The van der Waals surface area contributed by atoms with Gasteiger partial charge in [-0.05, 0) is 36.0 Å². The van der Waals surface area contributed by atoms with Crippen molar-refractivity contribution in [1.29, 1.82) is 0 Å². The van der Waals surface area contributed by atoms with E-state index >= 15 is 0 Å². The second-order valence-corrected chi connectivity index (χ2v) is 8.81. The van der Waals surface area contributed by atoms with Crippen LogP contribution in [0.1, 0.15) is 31.0 Å². The molecule has 9 heteroatoms. The zero-order chi connectivity index (χ0) is 22.1. The Hall–Kier alpha value is -2.81. The Kier molecular flexibility index (Phi) is 5.79. The summed E-state index contributed by atoms with van der Waals surface area (Å²) in [7, 11) is 0. The molecule has 4 rings (SSSR count). The smallest absolute Gasteiger partial charge is 0.381 e. The molecule has 0 bridgehead atoms. The van der Waals surface area contributed by atoms with Gasteiger partial charge in [-0.15, -0.1) is 0 Å². The number of anilines is 2. The lowest BCUT2D eigenvalue weighted by Gasteiger charge is -2.40. The van der Waals surface area contributed by atoms with Crippen LogP contribution < -0.4 is 10.6 Å². The molecule has 0 unspecified atom stereocenters. The monoisotopic (exact) mass is 445 g/mol. The molecule has 3 heterocycles. The summed E-state index contributed by atoms with van der Waals surface area (Å²) >= 11 is 0.820. The van der Waals surface area contributed by atoms with Gasteiger partial charge in [0, 0.05) is 24.2 Å². The van der Waals surface area contributed by atoms with Crippen molar-refractivity contribution >= 4 is 23.4 Å². The summed E-state index contributed by atoms with van der Waals surface area (Å²) < 4.78 is 39.6. The van der Waals surface area contributed by atoms with Crippen LogP contribution in [0.2, 0.25) is 0 Å². The number of nitrogens with zero attached hydrogens (tertiary/aromatic N) is 4. The number of alkyl halides is 3. The fraction of sp³-hybridized carbons (Fsp3) is 0.318. The highest BCUT2D eigenvalue weighted by Crippen LogP contribution is 2.40. The second-order valence-electron chi connectivity index (χ2n) is 7.78. The van der Waals surface area contributed by atoms with Crippen molar-refractivity contribution in [2.24, 2.45) is 0 Å². The lowest BCUT2D eigenvalue weighted by Crippen LogP contribution is -2.41. The average Bonchev–Trinajstić information content (AvgIpc) is 2.76. The Labute approximate surface area is 182 Å². The van der Waals surface area contributed by atoms with Crippen molar-refractivity contribution in [2.75, 3.05) is 23.7 Å². The van der Waals surface area contributed by atoms with Crippen LogP contribution in [-0.4, -0.2) is 28.0 Å². The number of aromatic nitrogens is 3. The van der Waals surface area contributed by atoms with E-state index in [9.17, 15) is 13.2 Å². The largest absolute Gasteiger partial charge is 0.434 e. The Morgan fingerprint density at radius 2 is 1.74 bits per heavy atom. The topological polar surface area (TPSA) is 67.9 Å². The molecular weight excluding hydrogens is 423 g/mol. The number of nitrogens with two attached hydrogens (primary N) is 1. The van der Waals surface area contributed by atoms with Gasteiger partial charge in [-0.25, -0.2) is 9.97 Å². The molecule has 0 aliphatic carbocycles. The lowest BCUT2D eigenvalue weighted by molar-refractivity contribution is -0.143. The molecule has 31 heavy (non-hydrogen) atoms. The van der Waals surface area contributed by atoms with E-state index in [2.05, 4.69) is 51.0 Å². The van der Waals surface area contributed by atoms with E-state index in [4.69, 9.17) is 5.73 Å². The molecular formula is C22H22F3N5S. The van der Waals surface area contributed by atoms with Crippen LogP contribution in [0.5, 0.6) is 0 Å². The van der Waals surface area contributed by atoms with Gasteiger partial charge in [0.05, 0.1) is 6.20 Å². The molecule has 1 saturated heterocycles. The molecule has 5 nitrogen and oxygen atoms in total. The summed E-state index contributed by atoms with van der Waals surface area (Å²) in [6, 6.07) is 13.3. The number of piperidine rings is 1. The molecule has 0 radical (unpaired) electrons. The Balaban J connectivity index is 1.48. The maximum atomic E-state index is 13.2. The maximum Gasteiger partial charge on any atom is 0.434 e. The predicted octanol–water partition coefficient (Wildman–Crippen LogP) is 5.18. The van der Waals surface area contributed by atoms with Gasteiger partial charge < -0.3 is 10.6 Å². The van der Waals surface area contributed by atoms with Crippen molar-refractivity contribution in [3.63, 3.8) is 0 Å². The number of hydrogen-bond acceptors (Lipinski definition) is 6. The third kappa shape index (κ3) is 4.61. The number of pyridine rings is 1. The van der Waals surface area contributed by atoms with Crippen LogP contribution >= 0.6 is 11.8 Å². The molecule has 2 aromatic heterocycles. The Bertz CT molecular complexity index is 1050. The Morgan fingerprint density at radius 1 is 1.03 bits per heavy atom. The van der Waals surface area contributed by atoms with Gasteiger partial charge >= 0.3 is 6.18 Å². The van der Waals surface area contributed by atoms with Gasteiger partial charge in [0.1, 0.15) is 10.8 Å². The van der Waals surface area contributed by atoms with Crippen molar-refractivity contribution in [2.45, 2.75) is 41.3 Å². The highest BCUT2D eigenvalue weighted by Gasteiger charge is 2.36. The molecule has 0 amide bonds. The molecule has 1 aromatic carbocycles. The fourth-order valence-electron chi connectivity index (χ4n) is 3.76. The zero-order valence-corrected chi connectivity index (χ0v) is 17.7. The van der Waals surface area contributed by atoms with E-state index < -0.39 is 11.9 Å². The van der Waals surface area contributed by atoms with Crippen LogP contribution in [0.25, 0.3) is 0 Å². The zero-order valence-electron chi connectivity index (χ0n) is 16.9. The van der Waals surface area contributed by atoms with Crippen LogP contribution in [0.15, 0.2) is 64.8 Å². The summed E-state index contributed by atoms with van der Waals surface area (Å²) in [5, 5.41) is 0.230. The number of benzene rings is 1. The SMILES string of the molecule is CC1(c2ccccc2)CCN(c2cnc(Sc3cccnc3C(F)(F)F)c(N)n2)CC1. The first-order chi connectivity index (χ1) is 14.8. The van der Waals surface area contributed by atoms with Crippen LogP contribution in [-0.2, 0) is 11.6 Å². The van der Waals surface area contributed by atoms with E-state index in [1.165, 1.54) is 17.7 Å². The molecule has 1 aliphatic rings. The van der Waals surface area contributed by atoms with E-state index in [1.54, 1.807) is 6.20 Å². The number of nitrogen functional groups attached to an aromatic ring is 1. The van der Waals surface area contributed by atoms with E-state index in [0.717, 1.165) is 43.9 Å². The molecule has 0 atom stereocenters. The maximum absolute atomic E-state index is 13.2. The van der Waals surface area contributed by atoms with Gasteiger partial charge in [0.15, 0.2) is 11.5 Å². The molecule has 162 valence electrons. The second kappa shape index (κ2) is 8.37. The number of rotatable bonds is 4. The summed E-state index contributed by atoms with van der Waals surface area (Å²) in [6.45, 7) is 3.87. The van der Waals surface area contributed by atoms with Crippen molar-refractivity contribution < 1.29 is 13.2 Å². The first-order valence-corrected chi connectivity index (χ1v) is 10.7. The quantitative estimate of drug-likeness (QED) is 0.597. The minimum absolute atomic E-state index is 0.0552. The minimum atomic E-state index is -4.55. The average molecular weight is 446 g/mol. The molecule has 1 aliphatic heterocycles. The van der Waals surface area contributed by atoms with Crippen molar-refractivity contribution in [3.05, 3.63) is 66.1 Å². The van der Waals surface area contributed by atoms with Crippen LogP contribution in [0, 0.1) is 0 Å². The number of halogens is 3. The molecule has 0 spiro atoms. The lowest BCUT2D eigenvalue weighted by atomic mass is 9.74. The molecule has 1 fully saturated rings. The van der Waals surface area contributed by atoms with E-state index in [1.807, 2.05) is 6.07 Å². The fourth-order valence-corrected chi connectivity index (χ4v) is 4.64. The van der Waals surface area contributed by atoms with Crippen molar-refractivity contribution in [1.82, 2.24) is 15.0 Å². The molecule has 2 N–H and O–H groups in total. The third-order valence-electron chi connectivity index (χ3n) is 5.66. The van der Waals surface area contributed by atoms with E-state index in [0.29, 0.717) is 5.82 Å². The molecule has 3 aromatic rings. The summed E-state index contributed by atoms with van der Waals surface area (Å²) in [4.78, 5) is 14.3. The normalized spacial score (nSPS) is 16.3. The highest BCUT2D eigenvalue weighted by molar-refractivity contribution is 7.99. The summed E-state index contributed by atoms with van der Waals surface area (Å²) in [5.41, 5.74) is 6.52. The van der Waals surface area contributed by atoms with Gasteiger partial charge in [-0.3, -0.25) is 4.98 Å². The van der Waals surface area contributed by atoms with Crippen LogP contribution in [0.4, 0.5) is 24.8 Å². The first-order valence-electron chi connectivity index (χ1n) is 9.89. The predicted molar refractivity (Wildman–Crippen MR) is 115 cm³/mol. The van der Waals surface area contributed by atoms with E-state index in [-0.39, 0.29) is 21.2 Å². The first kappa shape index (κ1) is 21.4. The van der Waals surface area contributed by atoms with Crippen LogP contribution in [0.3, 0.4) is 0 Å². The standard InChI is InChI=1S/C22H22F3N5S/c1-21(15-6-3-2-4-7-15)9-12-30(13-10-21)17-14-28-20(19(26)29-17)31-16-8-5-11-27-18(16)22(23,24)25/h2-8,11,14H,9-10,12-13H2,1H3,(H2,26,29). The van der Waals surface area contributed by atoms with Crippen molar-refractivity contribution in [3.8, 4) is 0 Å². The number of hydrogen-bond donors (Lipinski definition) is 1. The van der Waals surface area contributed by atoms with Gasteiger partial charge in [-0.2, -0.15) is 13.2 Å². The summed E-state index contributed by atoms with van der Waals surface area (Å²) in [6.07, 6.45) is 0.0580. The summed E-state index contributed by atoms with van der Waals surface area (Å²) in [5.74, 6) is 0.745.